The van der Waals surface area contributed by atoms with E-state index >= 15 is 0 Å². The third-order valence-corrected chi connectivity index (χ3v) is 4.30. The smallest absolute Gasteiger partial charge is 0.216 e. The van der Waals surface area contributed by atoms with Gasteiger partial charge in [0.05, 0.1) is 23.8 Å². The number of methoxy groups -OCH3 is 1. The monoisotopic (exact) mass is 317 g/mol. The summed E-state index contributed by atoms with van der Waals surface area (Å²) < 4.78 is 34.7. The van der Waals surface area contributed by atoms with E-state index in [-0.39, 0.29) is 17.2 Å². The second-order valence-corrected chi connectivity index (χ2v) is 6.84. The van der Waals surface area contributed by atoms with Gasteiger partial charge in [0.25, 0.3) is 0 Å². The van der Waals surface area contributed by atoms with Gasteiger partial charge in [-0.25, -0.2) is 12.7 Å². The summed E-state index contributed by atoms with van der Waals surface area (Å²) in [4.78, 5) is 0.00404. The highest BCUT2D eigenvalue weighted by atomic mass is 79.9. The number of rotatable bonds is 9. The number of hydrogen-bond acceptors (Lipinski definition) is 4. The lowest BCUT2D eigenvalue weighted by molar-refractivity contribution is 0.162. The van der Waals surface area contributed by atoms with Crippen molar-refractivity contribution in [3.8, 4) is 0 Å². The molecule has 0 fully saturated rings. The highest BCUT2D eigenvalue weighted by Crippen LogP contribution is 2.06. The van der Waals surface area contributed by atoms with E-state index in [4.69, 9.17) is 9.47 Å². The standard InChI is InChI=1S/C9H20BrNO4S/c1-4-15-5-6-16(12,13)11(2)7-9(10)8-14-3/h9H,4-8H2,1-3H3. The molecule has 0 aliphatic carbocycles. The highest BCUT2D eigenvalue weighted by molar-refractivity contribution is 9.09. The van der Waals surface area contributed by atoms with E-state index in [1.165, 1.54) is 4.31 Å². The number of sulfonamides is 1. The lowest BCUT2D eigenvalue weighted by Crippen LogP contribution is -2.36. The lowest BCUT2D eigenvalue weighted by Gasteiger charge is -2.19. The summed E-state index contributed by atoms with van der Waals surface area (Å²) in [6.45, 7) is 3.47. The Morgan fingerprint density at radius 1 is 1.44 bits per heavy atom. The summed E-state index contributed by atoms with van der Waals surface area (Å²) in [6, 6.07) is 0. The van der Waals surface area contributed by atoms with Gasteiger partial charge in [0, 0.05) is 27.3 Å². The van der Waals surface area contributed by atoms with Crippen molar-refractivity contribution in [3.05, 3.63) is 0 Å². The van der Waals surface area contributed by atoms with Gasteiger partial charge in [-0.2, -0.15) is 0 Å². The fraction of sp³-hybridized carbons (Fsp3) is 1.00. The van der Waals surface area contributed by atoms with Gasteiger partial charge in [0.1, 0.15) is 0 Å². The minimum absolute atomic E-state index is 0.00404. The highest BCUT2D eigenvalue weighted by Gasteiger charge is 2.20. The Morgan fingerprint density at radius 3 is 2.56 bits per heavy atom. The molecule has 0 aliphatic rings. The average molecular weight is 318 g/mol. The van der Waals surface area contributed by atoms with Crippen LogP contribution in [-0.4, -0.2) is 63.8 Å². The Kier molecular flexibility index (Phi) is 8.57. The van der Waals surface area contributed by atoms with E-state index in [2.05, 4.69) is 15.9 Å². The number of halogens is 1. The molecular formula is C9H20BrNO4S. The summed E-state index contributed by atoms with van der Waals surface area (Å²) in [5, 5.41) is 0. The Hall–Kier alpha value is 0.310. The third-order valence-electron chi connectivity index (χ3n) is 1.97. The molecule has 0 amide bonds. The summed E-state index contributed by atoms with van der Waals surface area (Å²) in [6.07, 6.45) is 0. The van der Waals surface area contributed by atoms with Crippen molar-refractivity contribution in [2.45, 2.75) is 11.8 Å². The Bertz CT molecular complexity index is 271. The van der Waals surface area contributed by atoms with Gasteiger partial charge in [-0.15, -0.1) is 0 Å². The van der Waals surface area contributed by atoms with E-state index < -0.39 is 10.0 Å². The predicted molar refractivity (Wildman–Crippen MR) is 67.5 cm³/mol. The normalized spacial score (nSPS) is 14.3. The topological polar surface area (TPSA) is 55.8 Å². The quantitative estimate of drug-likeness (QED) is 0.464. The minimum Gasteiger partial charge on any atom is -0.383 e. The summed E-state index contributed by atoms with van der Waals surface area (Å²) in [5.41, 5.74) is 0. The zero-order chi connectivity index (χ0) is 12.6. The SMILES string of the molecule is CCOCCS(=O)(=O)N(C)CC(Br)COC. The third kappa shape index (κ3) is 6.80. The van der Waals surface area contributed by atoms with Crippen LogP contribution in [0, 0.1) is 0 Å². The van der Waals surface area contributed by atoms with Crippen LogP contribution in [0.25, 0.3) is 0 Å². The maximum Gasteiger partial charge on any atom is 0.216 e. The molecule has 0 saturated heterocycles. The van der Waals surface area contributed by atoms with Crippen LogP contribution < -0.4 is 0 Å². The molecule has 0 saturated carbocycles. The van der Waals surface area contributed by atoms with Crippen LogP contribution in [-0.2, 0) is 19.5 Å². The molecule has 0 N–H and O–H groups in total. The van der Waals surface area contributed by atoms with Gasteiger partial charge in [-0.05, 0) is 6.92 Å². The summed E-state index contributed by atoms with van der Waals surface area (Å²) >= 11 is 3.35. The van der Waals surface area contributed by atoms with Crippen molar-refractivity contribution < 1.29 is 17.9 Å². The van der Waals surface area contributed by atoms with Gasteiger partial charge in [0.2, 0.25) is 10.0 Å². The van der Waals surface area contributed by atoms with Gasteiger partial charge in [-0.3, -0.25) is 0 Å². The maximum atomic E-state index is 11.7. The van der Waals surface area contributed by atoms with Crippen molar-refractivity contribution >= 4 is 26.0 Å². The predicted octanol–water partition coefficient (Wildman–Crippen LogP) is 0.694. The zero-order valence-electron chi connectivity index (χ0n) is 9.98. The number of ether oxygens (including phenoxy) is 2. The maximum absolute atomic E-state index is 11.7. The molecule has 0 radical (unpaired) electrons. The molecule has 98 valence electrons. The number of alkyl halides is 1. The van der Waals surface area contributed by atoms with Crippen LogP contribution in [0.5, 0.6) is 0 Å². The van der Waals surface area contributed by atoms with E-state index in [0.29, 0.717) is 19.8 Å². The number of hydrogen-bond donors (Lipinski definition) is 0. The van der Waals surface area contributed by atoms with Crippen molar-refractivity contribution in [3.63, 3.8) is 0 Å². The first-order valence-electron chi connectivity index (χ1n) is 5.08. The second-order valence-electron chi connectivity index (χ2n) is 3.35. The molecule has 0 heterocycles. The van der Waals surface area contributed by atoms with E-state index in [9.17, 15) is 8.42 Å². The van der Waals surface area contributed by atoms with Crippen molar-refractivity contribution in [1.29, 1.82) is 0 Å². The van der Waals surface area contributed by atoms with E-state index in [0.717, 1.165) is 0 Å². The molecule has 0 bridgehead atoms. The fourth-order valence-corrected chi connectivity index (χ4v) is 3.03. The largest absolute Gasteiger partial charge is 0.383 e. The summed E-state index contributed by atoms with van der Waals surface area (Å²) in [5.74, 6) is 0.0179. The molecule has 0 aromatic carbocycles. The Balaban J connectivity index is 4.08. The molecule has 5 nitrogen and oxygen atoms in total. The van der Waals surface area contributed by atoms with Gasteiger partial charge >= 0.3 is 0 Å². The van der Waals surface area contributed by atoms with Gasteiger partial charge in [0.15, 0.2) is 0 Å². The van der Waals surface area contributed by atoms with Crippen LogP contribution >= 0.6 is 15.9 Å². The fourth-order valence-electron chi connectivity index (χ4n) is 1.09. The molecule has 0 aliphatic heterocycles. The Morgan fingerprint density at radius 2 is 2.06 bits per heavy atom. The lowest BCUT2D eigenvalue weighted by atomic mass is 10.4. The van der Waals surface area contributed by atoms with Gasteiger partial charge in [-0.1, -0.05) is 15.9 Å². The first kappa shape index (κ1) is 16.3. The zero-order valence-corrected chi connectivity index (χ0v) is 12.4. The number of nitrogens with zero attached hydrogens (tertiary/aromatic N) is 1. The van der Waals surface area contributed by atoms with Crippen LogP contribution in [0.15, 0.2) is 0 Å². The minimum atomic E-state index is -3.22. The van der Waals surface area contributed by atoms with Crippen LogP contribution in [0.2, 0.25) is 0 Å². The van der Waals surface area contributed by atoms with Crippen molar-refractivity contribution in [2.24, 2.45) is 0 Å². The van der Waals surface area contributed by atoms with Crippen molar-refractivity contribution in [1.82, 2.24) is 4.31 Å². The summed E-state index contributed by atoms with van der Waals surface area (Å²) in [7, 11) is -0.0812. The molecular weight excluding hydrogens is 298 g/mol. The van der Waals surface area contributed by atoms with E-state index in [1.54, 1.807) is 14.2 Å². The van der Waals surface area contributed by atoms with E-state index in [1.807, 2.05) is 6.92 Å². The van der Waals surface area contributed by atoms with Crippen molar-refractivity contribution in [2.75, 3.05) is 46.3 Å². The average Bonchev–Trinajstić information content (AvgIpc) is 2.18. The molecule has 0 rings (SSSR count). The van der Waals surface area contributed by atoms with Crippen LogP contribution in [0.4, 0.5) is 0 Å². The molecule has 0 aromatic heterocycles. The Labute approximate surface area is 106 Å². The van der Waals surface area contributed by atoms with Crippen LogP contribution in [0.1, 0.15) is 6.92 Å². The molecule has 16 heavy (non-hydrogen) atoms. The first-order valence-corrected chi connectivity index (χ1v) is 7.61. The molecule has 1 atom stereocenters. The molecule has 0 spiro atoms. The molecule has 0 aromatic rings. The second kappa shape index (κ2) is 8.41. The van der Waals surface area contributed by atoms with Gasteiger partial charge < -0.3 is 9.47 Å². The molecule has 1 unspecified atom stereocenters. The first-order chi connectivity index (χ1) is 7.44. The molecule has 7 heteroatoms. The van der Waals surface area contributed by atoms with Crippen LogP contribution in [0.3, 0.4) is 0 Å².